The average Bonchev–Trinajstić information content (AvgIpc) is 2.40. The normalized spacial score (nSPS) is 10.8. The summed E-state index contributed by atoms with van der Waals surface area (Å²) in [6.07, 6.45) is 0.379. The first-order valence-corrected chi connectivity index (χ1v) is 7.39. The molecule has 0 aliphatic carbocycles. The summed E-state index contributed by atoms with van der Waals surface area (Å²) in [6, 6.07) is 6.05. The van der Waals surface area contributed by atoms with Crippen molar-refractivity contribution in [2.75, 3.05) is 26.7 Å². The molecule has 0 saturated heterocycles. The fourth-order valence-electron chi connectivity index (χ4n) is 2.20. The molecule has 4 nitrogen and oxygen atoms in total. The number of carbonyl (C=O) groups excluding carboxylic acids is 1. The van der Waals surface area contributed by atoms with Gasteiger partial charge in [-0.25, -0.2) is 0 Å². The highest BCUT2D eigenvalue weighted by atomic mass is 35.5. The van der Waals surface area contributed by atoms with Crippen molar-refractivity contribution in [1.29, 1.82) is 0 Å². The van der Waals surface area contributed by atoms with Crippen LogP contribution in [0.3, 0.4) is 0 Å². The van der Waals surface area contributed by atoms with Gasteiger partial charge >= 0.3 is 0 Å². The molecule has 0 aromatic heterocycles. The predicted octanol–water partition coefficient (Wildman–Crippen LogP) is 2.94. The minimum Gasteiger partial charge on any atom is -0.493 e. The zero-order valence-electron chi connectivity index (χ0n) is 14.3. The lowest BCUT2D eigenvalue weighted by Gasteiger charge is -2.29. The van der Waals surface area contributed by atoms with Gasteiger partial charge in [-0.15, -0.1) is 12.4 Å². The van der Waals surface area contributed by atoms with Gasteiger partial charge < -0.3 is 15.4 Å². The maximum absolute atomic E-state index is 12.1. The third-order valence-corrected chi connectivity index (χ3v) is 3.55. The molecule has 0 unspecified atom stereocenters. The van der Waals surface area contributed by atoms with Gasteiger partial charge in [-0.1, -0.05) is 31.5 Å². The number of halogens is 1. The summed E-state index contributed by atoms with van der Waals surface area (Å²) in [7, 11) is 1.82. The lowest BCUT2D eigenvalue weighted by molar-refractivity contribution is -0.131. The van der Waals surface area contributed by atoms with Gasteiger partial charge in [-0.05, 0) is 37.4 Å². The van der Waals surface area contributed by atoms with Crippen LogP contribution in [0.1, 0.15) is 31.4 Å². The molecule has 0 bridgehead atoms. The molecular formula is C17H29ClN2O2. The van der Waals surface area contributed by atoms with Crippen molar-refractivity contribution in [3.05, 3.63) is 29.3 Å². The topological polar surface area (TPSA) is 55.6 Å². The van der Waals surface area contributed by atoms with Gasteiger partial charge in [0.05, 0.1) is 13.0 Å². The molecule has 0 spiro atoms. The number of carbonyl (C=O) groups is 1. The highest BCUT2D eigenvalue weighted by Crippen LogP contribution is 2.19. The van der Waals surface area contributed by atoms with Crippen LogP contribution < -0.4 is 10.5 Å². The van der Waals surface area contributed by atoms with Gasteiger partial charge in [0.15, 0.2) is 0 Å². The molecule has 5 heteroatoms. The number of ether oxygens (including phenoxy) is 1. The molecule has 22 heavy (non-hydrogen) atoms. The number of hydrogen-bond acceptors (Lipinski definition) is 3. The van der Waals surface area contributed by atoms with Gasteiger partial charge in [0.1, 0.15) is 5.75 Å². The van der Waals surface area contributed by atoms with Gasteiger partial charge in [-0.2, -0.15) is 0 Å². The third-order valence-electron chi connectivity index (χ3n) is 3.55. The molecular weight excluding hydrogens is 300 g/mol. The van der Waals surface area contributed by atoms with E-state index >= 15 is 0 Å². The molecule has 126 valence electrons. The molecule has 1 aromatic rings. The second-order valence-corrected chi connectivity index (χ2v) is 6.49. The number of nitrogens with two attached hydrogens (primary N) is 1. The minimum absolute atomic E-state index is 0. The number of rotatable bonds is 7. The lowest BCUT2D eigenvalue weighted by Crippen LogP contribution is -2.40. The van der Waals surface area contributed by atoms with Crippen LogP contribution in [0.4, 0.5) is 0 Å². The van der Waals surface area contributed by atoms with Crippen molar-refractivity contribution < 1.29 is 9.53 Å². The Bertz CT molecular complexity index is 490. The number of aryl methyl sites for hydroxylation is 2. The van der Waals surface area contributed by atoms with Crippen LogP contribution >= 0.6 is 12.4 Å². The summed E-state index contributed by atoms with van der Waals surface area (Å²) in [6.45, 7) is 9.80. The monoisotopic (exact) mass is 328 g/mol. The maximum Gasteiger partial charge on any atom is 0.225 e. The standard InChI is InChI=1S/C17H28N2O2.ClH/c1-13-6-7-15(14(2)10-13)21-9-8-16(20)19(5)12-17(3,4)11-18;/h6-7,10H,8-9,11-12,18H2,1-5H3;1H. The lowest BCUT2D eigenvalue weighted by atomic mass is 9.93. The predicted molar refractivity (Wildman–Crippen MR) is 93.7 cm³/mol. The summed E-state index contributed by atoms with van der Waals surface area (Å²) < 4.78 is 5.70. The largest absolute Gasteiger partial charge is 0.493 e. The van der Waals surface area contributed by atoms with E-state index in [-0.39, 0.29) is 23.7 Å². The highest BCUT2D eigenvalue weighted by Gasteiger charge is 2.20. The van der Waals surface area contributed by atoms with Crippen molar-refractivity contribution in [3.63, 3.8) is 0 Å². The van der Waals surface area contributed by atoms with Crippen LogP contribution in [0, 0.1) is 19.3 Å². The Morgan fingerprint density at radius 3 is 2.50 bits per heavy atom. The maximum atomic E-state index is 12.1. The Morgan fingerprint density at radius 1 is 1.32 bits per heavy atom. The average molecular weight is 329 g/mol. The van der Waals surface area contributed by atoms with Crippen molar-refractivity contribution in [3.8, 4) is 5.75 Å². The second-order valence-electron chi connectivity index (χ2n) is 6.49. The van der Waals surface area contributed by atoms with Crippen LogP contribution in [-0.4, -0.2) is 37.6 Å². The SMILES string of the molecule is Cc1ccc(OCCC(=O)N(C)CC(C)(C)CN)c(C)c1.Cl. The first kappa shape index (κ1) is 20.7. The molecule has 2 N–H and O–H groups in total. The quantitative estimate of drug-likeness (QED) is 0.837. The van der Waals surface area contributed by atoms with Gasteiger partial charge in [0.2, 0.25) is 5.91 Å². The fraction of sp³-hybridized carbons (Fsp3) is 0.588. The smallest absolute Gasteiger partial charge is 0.225 e. The highest BCUT2D eigenvalue weighted by molar-refractivity contribution is 5.85. The van der Waals surface area contributed by atoms with Crippen LogP contribution in [0.15, 0.2) is 18.2 Å². The molecule has 0 heterocycles. The molecule has 0 fully saturated rings. The molecule has 0 saturated carbocycles. The van der Waals surface area contributed by atoms with E-state index in [9.17, 15) is 4.79 Å². The van der Waals surface area contributed by atoms with Gasteiger partial charge in [-0.3, -0.25) is 4.79 Å². The van der Waals surface area contributed by atoms with E-state index in [0.717, 1.165) is 11.3 Å². The third kappa shape index (κ3) is 6.67. The number of amides is 1. The molecule has 0 atom stereocenters. The van der Waals surface area contributed by atoms with E-state index in [1.54, 1.807) is 4.90 Å². The van der Waals surface area contributed by atoms with E-state index in [0.29, 0.717) is 26.1 Å². The Kier molecular flexibility index (Phi) is 8.49. The number of benzene rings is 1. The van der Waals surface area contributed by atoms with Crippen molar-refractivity contribution >= 4 is 18.3 Å². The Labute approximate surface area is 140 Å². The van der Waals surface area contributed by atoms with E-state index in [2.05, 4.69) is 26.8 Å². The van der Waals surface area contributed by atoms with Gasteiger partial charge in [0.25, 0.3) is 0 Å². The summed E-state index contributed by atoms with van der Waals surface area (Å²) >= 11 is 0. The molecule has 0 radical (unpaired) electrons. The molecule has 0 aliphatic heterocycles. The molecule has 1 rings (SSSR count). The Hall–Kier alpha value is -1.26. The van der Waals surface area contributed by atoms with Crippen LogP contribution in [-0.2, 0) is 4.79 Å². The Balaban J connectivity index is 0.00000441. The summed E-state index contributed by atoms with van der Waals surface area (Å²) in [4.78, 5) is 13.8. The number of hydrogen-bond donors (Lipinski definition) is 1. The second kappa shape index (κ2) is 9.01. The molecule has 1 aromatic carbocycles. The van der Waals surface area contributed by atoms with Crippen molar-refractivity contribution in [2.45, 2.75) is 34.1 Å². The van der Waals surface area contributed by atoms with E-state index in [1.165, 1.54) is 5.56 Å². The van der Waals surface area contributed by atoms with Crippen LogP contribution in [0.2, 0.25) is 0 Å². The van der Waals surface area contributed by atoms with Gasteiger partial charge in [0, 0.05) is 13.6 Å². The summed E-state index contributed by atoms with van der Waals surface area (Å²) in [5.41, 5.74) is 7.95. The zero-order valence-corrected chi connectivity index (χ0v) is 15.1. The fourth-order valence-corrected chi connectivity index (χ4v) is 2.20. The summed E-state index contributed by atoms with van der Waals surface area (Å²) in [5.74, 6) is 0.930. The zero-order chi connectivity index (χ0) is 16.0. The van der Waals surface area contributed by atoms with E-state index in [4.69, 9.17) is 10.5 Å². The summed E-state index contributed by atoms with van der Waals surface area (Å²) in [5, 5.41) is 0. The first-order chi connectivity index (χ1) is 9.75. The van der Waals surface area contributed by atoms with Crippen LogP contribution in [0.25, 0.3) is 0 Å². The van der Waals surface area contributed by atoms with Crippen molar-refractivity contribution in [2.24, 2.45) is 11.1 Å². The van der Waals surface area contributed by atoms with Crippen LogP contribution in [0.5, 0.6) is 5.75 Å². The van der Waals surface area contributed by atoms with E-state index in [1.807, 2.05) is 26.1 Å². The van der Waals surface area contributed by atoms with E-state index < -0.39 is 0 Å². The minimum atomic E-state index is -0.0567. The molecule has 0 aliphatic rings. The molecule has 1 amide bonds. The van der Waals surface area contributed by atoms with Crippen molar-refractivity contribution in [1.82, 2.24) is 4.90 Å². The Morgan fingerprint density at radius 2 is 1.95 bits per heavy atom. The first-order valence-electron chi connectivity index (χ1n) is 7.39. The number of nitrogens with zero attached hydrogens (tertiary/aromatic N) is 1.